The minimum Gasteiger partial charge on any atom is -0.451 e. The van der Waals surface area contributed by atoms with Crippen LogP contribution in [0.15, 0.2) is 30.3 Å². The van der Waals surface area contributed by atoms with Crippen molar-refractivity contribution in [3.63, 3.8) is 0 Å². The van der Waals surface area contributed by atoms with Gasteiger partial charge in [-0.1, -0.05) is 43.0 Å². The first-order chi connectivity index (χ1) is 14.5. The van der Waals surface area contributed by atoms with E-state index in [4.69, 9.17) is 16.3 Å². The Morgan fingerprint density at radius 2 is 2.00 bits per heavy atom. The molecule has 0 unspecified atom stereocenters. The number of carbonyl (C=O) groups is 2. The first-order valence-electron chi connectivity index (χ1n) is 10.1. The van der Waals surface area contributed by atoms with E-state index in [1.165, 1.54) is 17.8 Å². The summed E-state index contributed by atoms with van der Waals surface area (Å²) in [5.41, 5.74) is 1.55. The van der Waals surface area contributed by atoms with Crippen molar-refractivity contribution < 1.29 is 14.3 Å². The molecule has 2 heterocycles. The standard InChI is InChI=1S/C22H24ClN3O3S/c1-14-16-12-19(30-21(16)26(24-14)18-11-7-6-10-17(18)23)22(28)29-13-20(27)25(2)15-8-4-3-5-9-15/h6-7,10-12,15H,3-5,8-9,13H2,1-2H3. The number of benzene rings is 1. The average molecular weight is 446 g/mol. The second kappa shape index (κ2) is 8.78. The lowest BCUT2D eigenvalue weighted by atomic mass is 9.94. The third kappa shape index (κ3) is 4.09. The summed E-state index contributed by atoms with van der Waals surface area (Å²) in [6.07, 6.45) is 5.55. The van der Waals surface area contributed by atoms with Crippen LogP contribution in [0, 0.1) is 6.92 Å². The van der Waals surface area contributed by atoms with Gasteiger partial charge in [-0.15, -0.1) is 11.3 Å². The van der Waals surface area contributed by atoms with Crippen molar-refractivity contribution >= 4 is 45.0 Å². The van der Waals surface area contributed by atoms with Gasteiger partial charge in [-0.05, 0) is 38.0 Å². The largest absolute Gasteiger partial charge is 0.451 e. The molecule has 0 bridgehead atoms. The molecule has 8 heteroatoms. The van der Waals surface area contributed by atoms with Gasteiger partial charge in [0.25, 0.3) is 5.91 Å². The minimum atomic E-state index is -0.494. The maximum absolute atomic E-state index is 12.6. The van der Waals surface area contributed by atoms with E-state index in [9.17, 15) is 9.59 Å². The molecular formula is C22H24ClN3O3S. The summed E-state index contributed by atoms with van der Waals surface area (Å²) in [6, 6.07) is 9.45. The van der Waals surface area contributed by atoms with E-state index in [-0.39, 0.29) is 18.6 Å². The van der Waals surface area contributed by atoms with E-state index in [0.29, 0.717) is 9.90 Å². The second-order valence-electron chi connectivity index (χ2n) is 7.65. The summed E-state index contributed by atoms with van der Waals surface area (Å²) in [4.78, 5) is 28.1. The van der Waals surface area contributed by atoms with Crippen LogP contribution in [-0.4, -0.2) is 46.3 Å². The highest BCUT2D eigenvalue weighted by atomic mass is 35.5. The van der Waals surface area contributed by atoms with Crippen LogP contribution in [0.1, 0.15) is 47.5 Å². The molecule has 2 aromatic heterocycles. The Morgan fingerprint density at radius 1 is 1.27 bits per heavy atom. The molecule has 0 saturated heterocycles. The van der Waals surface area contributed by atoms with Gasteiger partial charge in [0.05, 0.1) is 16.4 Å². The molecule has 30 heavy (non-hydrogen) atoms. The summed E-state index contributed by atoms with van der Waals surface area (Å²) in [6.45, 7) is 1.65. The molecule has 3 aromatic rings. The Balaban J connectivity index is 1.48. The predicted octanol–water partition coefficient (Wildman–Crippen LogP) is 5.00. The number of thiophene rings is 1. The van der Waals surface area contributed by atoms with E-state index < -0.39 is 5.97 Å². The summed E-state index contributed by atoms with van der Waals surface area (Å²) < 4.78 is 7.08. The maximum atomic E-state index is 12.6. The van der Waals surface area contributed by atoms with Crippen molar-refractivity contribution in [2.45, 2.75) is 45.1 Å². The van der Waals surface area contributed by atoms with Crippen LogP contribution < -0.4 is 0 Å². The average Bonchev–Trinajstić information content (AvgIpc) is 3.33. The van der Waals surface area contributed by atoms with Crippen molar-refractivity contribution in [2.24, 2.45) is 0 Å². The number of fused-ring (bicyclic) bond motifs is 1. The van der Waals surface area contributed by atoms with Gasteiger partial charge >= 0.3 is 5.97 Å². The Labute approximate surface area is 184 Å². The summed E-state index contributed by atoms with van der Waals surface area (Å²) in [5, 5.41) is 6.01. The summed E-state index contributed by atoms with van der Waals surface area (Å²) >= 11 is 7.61. The number of nitrogens with zero attached hydrogens (tertiary/aromatic N) is 3. The molecule has 0 atom stereocenters. The highest BCUT2D eigenvalue weighted by molar-refractivity contribution is 7.20. The van der Waals surface area contributed by atoms with Crippen LogP contribution in [0.4, 0.5) is 0 Å². The smallest absolute Gasteiger partial charge is 0.348 e. The van der Waals surface area contributed by atoms with Gasteiger partial charge in [0.1, 0.15) is 9.71 Å². The van der Waals surface area contributed by atoms with Crippen LogP contribution in [0.5, 0.6) is 0 Å². The van der Waals surface area contributed by atoms with Crippen molar-refractivity contribution in [3.05, 3.63) is 45.9 Å². The molecule has 1 saturated carbocycles. The lowest BCUT2D eigenvalue weighted by molar-refractivity contribution is -0.135. The zero-order chi connectivity index (χ0) is 21.3. The van der Waals surface area contributed by atoms with Gasteiger partial charge in [-0.2, -0.15) is 5.10 Å². The number of aromatic nitrogens is 2. The Morgan fingerprint density at radius 3 is 2.73 bits per heavy atom. The fourth-order valence-corrected chi connectivity index (χ4v) is 5.19. The number of para-hydroxylation sites is 1. The minimum absolute atomic E-state index is 0.158. The number of aryl methyl sites for hydroxylation is 1. The third-order valence-electron chi connectivity index (χ3n) is 5.67. The van der Waals surface area contributed by atoms with Crippen molar-refractivity contribution in [1.29, 1.82) is 0 Å². The molecule has 1 aromatic carbocycles. The van der Waals surface area contributed by atoms with Gasteiger partial charge in [-0.3, -0.25) is 4.79 Å². The maximum Gasteiger partial charge on any atom is 0.348 e. The molecule has 4 rings (SSSR count). The molecular weight excluding hydrogens is 422 g/mol. The summed E-state index contributed by atoms with van der Waals surface area (Å²) in [5.74, 6) is -0.651. The molecule has 1 aliphatic rings. The Kier molecular flexibility index (Phi) is 6.11. The number of esters is 1. The van der Waals surface area contributed by atoms with Crippen LogP contribution in [0.25, 0.3) is 15.9 Å². The van der Waals surface area contributed by atoms with Gasteiger partial charge in [0, 0.05) is 18.5 Å². The fraction of sp³-hybridized carbons (Fsp3) is 0.409. The van der Waals surface area contributed by atoms with Crippen LogP contribution >= 0.6 is 22.9 Å². The Hall–Kier alpha value is -2.38. The second-order valence-corrected chi connectivity index (χ2v) is 9.09. The van der Waals surface area contributed by atoms with Crippen LogP contribution in [-0.2, 0) is 9.53 Å². The first kappa shape index (κ1) is 20.9. The zero-order valence-corrected chi connectivity index (χ0v) is 18.6. The molecule has 0 N–H and O–H groups in total. The zero-order valence-electron chi connectivity index (χ0n) is 17.1. The number of ether oxygens (including phenoxy) is 1. The molecule has 1 aliphatic carbocycles. The summed E-state index contributed by atoms with van der Waals surface area (Å²) in [7, 11) is 1.80. The number of hydrogen-bond donors (Lipinski definition) is 0. The molecule has 0 radical (unpaired) electrons. The van der Waals surface area contributed by atoms with E-state index in [2.05, 4.69) is 5.10 Å². The quantitative estimate of drug-likeness (QED) is 0.518. The lowest BCUT2D eigenvalue weighted by Gasteiger charge is -2.31. The highest BCUT2D eigenvalue weighted by Gasteiger charge is 2.24. The predicted molar refractivity (Wildman–Crippen MR) is 119 cm³/mol. The van der Waals surface area contributed by atoms with E-state index in [1.807, 2.05) is 25.1 Å². The number of hydrogen-bond acceptors (Lipinski definition) is 5. The van der Waals surface area contributed by atoms with Crippen LogP contribution in [0.3, 0.4) is 0 Å². The first-order valence-corrected chi connectivity index (χ1v) is 11.3. The van der Waals surface area contributed by atoms with Gasteiger partial charge in [-0.25, -0.2) is 9.48 Å². The number of likely N-dealkylation sites (N-methyl/N-ethyl adjacent to an activating group) is 1. The number of carbonyl (C=O) groups excluding carboxylic acids is 2. The van der Waals surface area contributed by atoms with Gasteiger partial charge < -0.3 is 9.64 Å². The Bertz CT molecular complexity index is 1080. The van der Waals surface area contributed by atoms with E-state index in [1.54, 1.807) is 28.8 Å². The van der Waals surface area contributed by atoms with Gasteiger partial charge in [0.2, 0.25) is 0 Å². The third-order valence-corrected chi connectivity index (χ3v) is 7.08. The van der Waals surface area contributed by atoms with E-state index >= 15 is 0 Å². The highest BCUT2D eigenvalue weighted by Crippen LogP contribution is 2.32. The SMILES string of the molecule is Cc1nn(-c2ccccc2Cl)c2sc(C(=O)OCC(=O)N(C)C3CCCCC3)cc12. The molecule has 0 spiro atoms. The van der Waals surface area contributed by atoms with Crippen molar-refractivity contribution in [1.82, 2.24) is 14.7 Å². The van der Waals surface area contributed by atoms with E-state index in [0.717, 1.165) is 47.3 Å². The van der Waals surface area contributed by atoms with Gasteiger partial charge in [0.15, 0.2) is 6.61 Å². The molecule has 1 fully saturated rings. The number of amides is 1. The monoisotopic (exact) mass is 445 g/mol. The number of halogens is 1. The lowest BCUT2D eigenvalue weighted by Crippen LogP contribution is -2.40. The fourth-order valence-electron chi connectivity index (χ4n) is 3.91. The van der Waals surface area contributed by atoms with Crippen LogP contribution in [0.2, 0.25) is 5.02 Å². The topological polar surface area (TPSA) is 64.4 Å². The molecule has 6 nitrogen and oxygen atoms in total. The normalized spacial score (nSPS) is 14.8. The molecule has 158 valence electrons. The van der Waals surface area contributed by atoms with Crippen molar-refractivity contribution in [2.75, 3.05) is 13.7 Å². The van der Waals surface area contributed by atoms with Crippen molar-refractivity contribution in [3.8, 4) is 5.69 Å². The number of rotatable bonds is 5. The molecule has 0 aliphatic heterocycles. The molecule has 1 amide bonds.